The maximum atomic E-state index is 9.22. The van der Waals surface area contributed by atoms with Crippen molar-refractivity contribution in [1.82, 2.24) is 0 Å². The van der Waals surface area contributed by atoms with Crippen molar-refractivity contribution in [2.45, 2.75) is 24.4 Å². The van der Waals surface area contributed by atoms with E-state index in [1.165, 1.54) is 0 Å². The standard InChI is InChI=1S/C6H13BO3/c7-4-1-3(2-8)5(9)6(4)10/h3-6,8-10H,1-2,7H2/t3-,4-,5?,6-/m1/s1. The van der Waals surface area contributed by atoms with Gasteiger partial charge >= 0.3 is 0 Å². The van der Waals surface area contributed by atoms with Crippen LogP contribution in [-0.4, -0.2) is 42.0 Å². The van der Waals surface area contributed by atoms with Crippen LogP contribution in [0.1, 0.15) is 6.42 Å². The van der Waals surface area contributed by atoms with Crippen molar-refractivity contribution >= 4 is 7.85 Å². The molecule has 0 amide bonds. The Labute approximate surface area is 61.1 Å². The first kappa shape index (κ1) is 8.05. The number of rotatable bonds is 1. The highest BCUT2D eigenvalue weighted by Gasteiger charge is 2.37. The molecule has 1 fully saturated rings. The Bertz CT molecular complexity index is 120. The van der Waals surface area contributed by atoms with Gasteiger partial charge < -0.3 is 15.3 Å². The zero-order chi connectivity index (χ0) is 7.72. The second-order valence-electron chi connectivity index (χ2n) is 3.14. The molecule has 3 N–H and O–H groups in total. The van der Waals surface area contributed by atoms with E-state index in [1.54, 1.807) is 0 Å². The molecule has 1 rings (SSSR count). The van der Waals surface area contributed by atoms with Crippen molar-refractivity contribution in [2.75, 3.05) is 6.61 Å². The summed E-state index contributed by atoms with van der Waals surface area (Å²) in [6, 6.07) is 0. The molecule has 3 nitrogen and oxygen atoms in total. The van der Waals surface area contributed by atoms with E-state index in [1.807, 2.05) is 7.85 Å². The Hall–Kier alpha value is -0.0551. The van der Waals surface area contributed by atoms with Crippen LogP contribution in [0, 0.1) is 5.92 Å². The van der Waals surface area contributed by atoms with Gasteiger partial charge in [0.1, 0.15) is 7.85 Å². The highest BCUT2D eigenvalue weighted by atomic mass is 16.3. The normalized spacial score (nSPS) is 47.9. The van der Waals surface area contributed by atoms with Gasteiger partial charge in [0.15, 0.2) is 0 Å². The summed E-state index contributed by atoms with van der Waals surface area (Å²) in [4.78, 5) is 0. The lowest BCUT2D eigenvalue weighted by molar-refractivity contribution is 0.00707. The van der Waals surface area contributed by atoms with E-state index in [0.29, 0.717) is 0 Å². The number of hydrogen-bond donors (Lipinski definition) is 3. The smallest absolute Gasteiger partial charge is 0.108 e. The van der Waals surface area contributed by atoms with Gasteiger partial charge in [-0.25, -0.2) is 0 Å². The van der Waals surface area contributed by atoms with Crippen molar-refractivity contribution in [3.63, 3.8) is 0 Å². The second kappa shape index (κ2) is 2.90. The van der Waals surface area contributed by atoms with Gasteiger partial charge in [0.25, 0.3) is 0 Å². The molecule has 0 aromatic heterocycles. The molecular formula is C6H13BO3. The van der Waals surface area contributed by atoms with Crippen LogP contribution in [-0.2, 0) is 0 Å². The molecule has 0 radical (unpaired) electrons. The third kappa shape index (κ3) is 1.19. The summed E-state index contributed by atoms with van der Waals surface area (Å²) in [5, 5.41) is 27.1. The Kier molecular flexibility index (Phi) is 2.34. The van der Waals surface area contributed by atoms with E-state index in [4.69, 9.17) is 5.11 Å². The molecule has 0 spiro atoms. The molecule has 0 bridgehead atoms. The summed E-state index contributed by atoms with van der Waals surface area (Å²) in [6.45, 7) is -0.0252. The lowest BCUT2D eigenvalue weighted by Crippen LogP contribution is -2.28. The molecule has 4 heteroatoms. The van der Waals surface area contributed by atoms with Gasteiger partial charge in [-0.3, -0.25) is 0 Å². The molecule has 1 saturated carbocycles. The molecule has 0 aliphatic heterocycles. The highest BCUT2D eigenvalue weighted by Crippen LogP contribution is 2.33. The van der Waals surface area contributed by atoms with Gasteiger partial charge in [0, 0.05) is 12.5 Å². The largest absolute Gasteiger partial charge is 0.396 e. The topological polar surface area (TPSA) is 60.7 Å². The molecule has 4 atom stereocenters. The van der Waals surface area contributed by atoms with E-state index >= 15 is 0 Å². The van der Waals surface area contributed by atoms with Crippen LogP contribution < -0.4 is 0 Å². The first-order chi connectivity index (χ1) is 4.66. The van der Waals surface area contributed by atoms with Crippen LogP contribution >= 0.6 is 0 Å². The molecule has 1 unspecified atom stereocenters. The number of aliphatic hydroxyl groups is 3. The van der Waals surface area contributed by atoms with E-state index in [9.17, 15) is 10.2 Å². The fraction of sp³-hybridized carbons (Fsp3) is 1.00. The van der Waals surface area contributed by atoms with Gasteiger partial charge in [0.05, 0.1) is 12.2 Å². The SMILES string of the molecule is B[C@@H]1C[C@H](CO)C(O)[C@@H]1O. The minimum atomic E-state index is -0.722. The molecule has 10 heavy (non-hydrogen) atoms. The van der Waals surface area contributed by atoms with Gasteiger partial charge in [0.2, 0.25) is 0 Å². The van der Waals surface area contributed by atoms with Gasteiger partial charge in [-0.15, -0.1) is 0 Å². The summed E-state index contributed by atoms with van der Waals surface area (Å²) in [7, 11) is 1.88. The molecule has 0 aromatic carbocycles. The lowest BCUT2D eigenvalue weighted by atomic mass is 9.84. The zero-order valence-corrected chi connectivity index (χ0v) is 6.07. The average molecular weight is 144 g/mol. The van der Waals surface area contributed by atoms with Crippen LogP contribution in [0.2, 0.25) is 5.82 Å². The first-order valence-corrected chi connectivity index (χ1v) is 3.63. The van der Waals surface area contributed by atoms with Gasteiger partial charge in [-0.2, -0.15) is 0 Å². The van der Waals surface area contributed by atoms with Crippen LogP contribution in [0.25, 0.3) is 0 Å². The quantitative estimate of drug-likeness (QED) is 0.378. The molecule has 1 aliphatic carbocycles. The van der Waals surface area contributed by atoms with Crippen molar-refractivity contribution in [1.29, 1.82) is 0 Å². The summed E-state index contributed by atoms with van der Waals surface area (Å²) >= 11 is 0. The van der Waals surface area contributed by atoms with E-state index < -0.39 is 12.2 Å². The third-order valence-corrected chi connectivity index (χ3v) is 2.32. The van der Waals surface area contributed by atoms with E-state index in [2.05, 4.69) is 0 Å². The van der Waals surface area contributed by atoms with Crippen LogP contribution in [0.4, 0.5) is 0 Å². The molecule has 0 aromatic rings. The molecular weight excluding hydrogens is 131 g/mol. The van der Waals surface area contributed by atoms with Gasteiger partial charge in [-0.05, 0) is 12.2 Å². The number of aliphatic hydroxyl groups excluding tert-OH is 3. The van der Waals surface area contributed by atoms with Crippen LogP contribution in [0.15, 0.2) is 0 Å². The summed E-state index contributed by atoms with van der Waals surface area (Å²) in [5.74, 6) is -0.00264. The van der Waals surface area contributed by atoms with Gasteiger partial charge in [-0.1, -0.05) is 0 Å². The van der Waals surface area contributed by atoms with Crippen molar-refractivity contribution in [2.24, 2.45) is 5.92 Å². The number of hydrogen-bond acceptors (Lipinski definition) is 3. The minimum absolute atomic E-state index is 0.0252. The fourth-order valence-corrected chi connectivity index (χ4v) is 1.55. The summed E-state index contributed by atoms with van der Waals surface area (Å²) in [6.07, 6.45) is -0.643. The maximum absolute atomic E-state index is 9.22. The fourth-order valence-electron chi connectivity index (χ4n) is 1.55. The van der Waals surface area contributed by atoms with Crippen molar-refractivity contribution in [3.8, 4) is 0 Å². The monoisotopic (exact) mass is 144 g/mol. The summed E-state index contributed by atoms with van der Waals surface area (Å²) in [5.41, 5.74) is 0. The predicted molar refractivity (Wildman–Crippen MR) is 39.5 cm³/mol. The Morgan fingerprint density at radius 2 is 1.90 bits per heavy atom. The van der Waals surface area contributed by atoms with Crippen molar-refractivity contribution in [3.05, 3.63) is 0 Å². The average Bonchev–Trinajstić information content (AvgIpc) is 2.17. The van der Waals surface area contributed by atoms with Crippen LogP contribution in [0.3, 0.4) is 0 Å². The van der Waals surface area contributed by atoms with Crippen LogP contribution in [0.5, 0.6) is 0 Å². The maximum Gasteiger partial charge on any atom is 0.108 e. The second-order valence-corrected chi connectivity index (χ2v) is 3.14. The Balaban J connectivity index is 2.53. The first-order valence-electron chi connectivity index (χ1n) is 3.63. The Morgan fingerprint density at radius 3 is 2.10 bits per heavy atom. The predicted octanol–water partition coefficient (Wildman–Crippen LogP) is -1.86. The molecule has 58 valence electrons. The van der Waals surface area contributed by atoms with E-state index in [-0.39, 0.29) is 18.3 Å². The van der Waals surface area contributed by atoms with Crippen molar-refractivity contribution < 1.29 is 15.3 Å². The Morgan fingerprint density at radius 1 is 1.30 bits per heavy atom. The lowest BCUT2D eigenvalue weighted by Gasteiger charge is -2.13. The molecule has 0 heterocycles. The minimum Gasteiger partial charge on any atom is -0.396 e. The zero-order valence-electron chi connectivity index (χ0n) is 6.07. The summed E-state index contributed by atoms with van der Waals surface area (Å²) < 4.78 is 0. The van der Waals surface area contributed by atoms with E-state index in [0.717, 1.165) is 6.42 Å². The highest BCUT2D eigenvalue weighted by molar-refractivity contribution is 6.12. The molecule has 0 saturated heterocycles. The third-order valence-electron chi connectivity index (χ3n) is 2.32. The molecule has 1 aliphatic rings.